The molecule has 144 valence electrons. The zero-order chi connectivity index (χ0) is 19.8. The minimum atomic E-state index is -0.140. The Morgan fingerprint density at radius 2 is 1.52 bits per heavy atom. The van der Waals surface area contributed by atoms with Crippen LogP contribution in [0.15, 0.2) is 42.5 Å². The number of anilines is 2. The smallest absolute Gasteiger partial charge is 0.279 e. The average molecular weight is 370 g/mol. The van der Waals surface area contributed by atoms with Crippen LogP contribution in [0.5, 0.6) is 5.75 Å². The molecule has 6 heteroatoms. The fourth-order valence-corrected chi connectivity index (χ4v) is 2.92. The van der Waals surface area contributed by atoms with Gasteiger partial charge in [-0.05, 0) is 56.2 Å². The lowest BCUT2D eigenvalue weighted by molar-refractivity contribution is -0.881. The third kappa shape index (κ3) is 6.75. The number of carbonyl (C=O) groups is 2. The monoisotopic (exact) mass is 370 g/mol. The van der Waals surface area contributed by atoms with Gasteiger partial charge in [0.1, 0.15) is 5.75 Å². The second-order valence-corrected chi connectivity index (χ2v) is 6.66. The van der Waals surface area contributed by atoms with Crippen LogP contribution in [0.2, 0.25) is 0 Å². The van der Waals surface area contributed by atoms with E-state index in [0.717, 1.165) is 21.7 Å². The highest BCUT2D eigenvalue weighted by atomic mass is 16.5. The number of likely N-dealkylation sites (N-methyl/N-ethyl adjacent to an activating group) is 1. The molecule has 27 heavy (non-hydrogen) atoms. The Balaban J connectivity index is 1.89. The minimum absolute atomic E-state index is 0.106. The highest BCUT2D eigenvalue weighted by molar-refractivity contribution is 5.93. The van der Waals surface area contributed by atoms with Crippen molar-refractivity contribution in [2.24, 2.45) is 0 Å². The molecule has 2 rings (SSSR count). The summed E-state index contributed by atoms with van der Waals surface area (Å²) in [5.41, 5.74) is 3.66. The Hall–Kier alpha value is -2.86. The zero-order valence-electron chi connectivity index (χ0n) is 16.4. The van der Waals surface area contributed by atoms with Crippen molar-refractivity contribution in [1.82, 2.24) is 0 Å². The van der Waals surface area contributed by atoms with E-state index < -0.39 is 0 Å². The number of nitrogens with one attached hydrogen (secondary N) is 3. The Morgan fingerprint density at radius 3 is 2.07 bits per heavy atom. The predicted octanol–water partition coefficient (Wildman–Crippen LogP) is 1.79. The summed E-state index contributed by atoms with van der Waals surface area (Å²) in [4.78, 5) is 25.5. The Labute approximate surface area is 160 Å². The van der Waals surface area contributed by atoms with E-state index in [2.05, 4.69) is 16.7 Å². The number of quaternary nitrogens is 1. The van der Waals surface area contributed by atoms with Gasteiger partial charge in [-0.3, -0.25) is 9.59 Å². The Bertz CT molecular complexity index is 785. The third-order valence-electron chi connectivity index (χ3n) is 4.18. The molecule has 0 heterocycles. The van der Waals surface area contributed by atoms with Gasteiger partial charge in [-0.1, -0.05) is 12.1 Å². The molecule has 0 radical (unpaired) electrons. The summed E-state index contributed by atoms with van der Waals surface area (Å²) < 4.78 is 5.16. The van der Waals surface area contributed by atoms with Crippen LogP contribution in [-0.2, 0) is 9.59 Å². The van der Waals surface area contributed by atoms with E-state index >= 15 is 0 Å². The van der Waals surface area contributed by atoms with Crippen molar-refractivity contribution in [1.29, 1.82) is 0 Å². The van der Waals surface area contributed by atoms with Gasteiger partial charge in [-0.25, -0.2) is 0 Å². The summed E-state index contributed by atoms with van der Waals surface area (Å²) in [5, 5.41) is 5.77. The van der Waals surface area contributed by atoms with Crippen molar-refractivity contribution in [2.45, 2.75) is 20.8 Å². The molecule has 0 aromatic heterocycles. The topological polar surface area (TPSA) is 71.9 Å². The molecule has 0 bridgehead atoms. The molecule has 0 aliphatic carbocycles. The molecule has 0 saturated heterocycles. The lowest BCUT2D eigenvalue weighted by Crippen LogP contribution is -3.13. The van der Waals surface area contributed by atoms with Crippen molar-refractivity contribution in [2.75, 3.05) is 37.4 Å². The van der Waals surface area contributed by atoms with Crippen LogP contribution >= 0.6 is 0 Å². The van der Waals surface area contributed by atoms with E-state index in [0.29, 0.717) is 18.0 Å². The molecular weight excluding hydrogens is 342 g/mol. The molecular formula is C21H28N3O3+. The summed E-state index contributed by atoms with van der Waals surface area (Å²) >= 11 is 0. The average Bonchev–Trinajstić information content (AvgIpc) is 2.60. The van der Waals surface area contributed by atoms with Gasteiger partial charge in [0, 0.05) is 17.4 Å². The first-order valence-electron chi connectivity index (χ1n) is 9.05. The SMILES string of the molecule is CC[NH+](CC(=O)Nc1cc(C)cc(C)c1)CC(=O)Nc1cccc(OC)c1. The van der Waals surface area contributed by atoms with Crippen LogP contribution in [0, 0.1) is 13.8 Å². The number of carbonyl (C=O) groups excluding carboxylic acids is 2. The van der Waals surface area contributed by atoms with Gasteiger partial charge in [0.15, 0.2) is 13.1 Å². The fraction of sp³-hybridized carbons (Fsp3) is 0.333. The van der Waals surface area contributed by atoms with Gasteiger partial charge in [-0.2, -0.15) is 0 Å². The zero-order valence-corrected chi connectivity index (χ0v) is 16.4. The number of hydrogen-bond donors (Lipinski definition) is 3. The van der Waals surface area contributed by atoms with Gasteiger partial charge in [0.25, 0.3) is 11.8 Å². The maximum Gasteiger partial charge on any atom is 0.279 e. The first-order chi connectivity index (χ1) is 12.9. The second kappa shape index (κ2) is 9.73. The van der Waals surface area contributed by atoms with Crippen molar-refractivity contribution in [3.63, 3.8) is 0 Å². The number of amides is 2. The standard InChI is InChI=1S/C21H27N3O3/c1-5-24(13-20(25)22-17-7-6-8-19(12-17)27-4)14-21(26)23-18-10-15(2)9-16(3)11-18/h6-12H,5,13-14H2,1-4H3,(H,22,25)(H,23,26)/p+1. The largest absolute Gasteiger partial charge is 0.497 e. The quantitative estimate of drug-likeness (QED) is 0.663. The molecule has 3 N–H and O–H groups in total. The number of methoxy groups -OCH3 is 1. The highest BCUT2D eigenvalue weighted by Crippen LogP contribution is 2.16. The number of aryl methyl sites for hydroxylation is 2. The van der Waals surface area contributed by atoms with Crippen LogP contribution in [0.4, 0.5) is 11.4 Å². The molecule has 2 aromatic rings. The van der Waals surface area contributed by atoms with Crippen LogP contribution in [0.3, 0.4) is 0 Å². The summed E-state index contributed by atoms with van der Waals surface area (Å²) in [6, 6.07) is 13.1. The van der Waals surface area contributed by atoms with Crippen molar-refractivity contribution < 1.29 is 19.2 Å². The lowest BCUT2D eigenvalue weighted by Gasteiger charge is -2.17. The van der Waals surface area contributed by atoms with E-state index in [9.17, 15) is 9.59 Å². The molecule has 0 aliphatic heterocycles. The lowest BCUT2D eigenvalue weighted by atomic mass is 10.1. The first kappa shape index (κ1) is 20.5. The molecule has 2 amide bonds. The molecule has 2 aromatic carbocycles. The highest BCUT2D eigenvalue weighted by Gasteiger charge is 2.17. The predicted molar refractivity (Wildman–Crippen MR) is 107 cm³/mol. The summed E-state index contributed by atoms with van der Waals surface area (Å²) in [6.07, 6.45) is 0. The molecule has 0 fully saturated rings. The number of rotatable bonds is 8. The Kier molecular flexibility index (Phi) is 7.37. The van der Waals surface area contributed by atoms with Crippen molar-refractivity contribution in [3.05, 3.63) is 53.6 Å². The normalized spacial score (nSPS) is 11.6. The summed E-state index contributed by atoms with van der Waals surface area (Å²) in [5.74, 6) is 0.436. The molecule has 1 unspecified atom stereocenters. The van der Waals surface area contributed by atoms with Crippen molar-refractivity contribution in [3.8, 4) is 5.75 Å². The van der Waals surface area contributed by atoms with Gasteiger partial charge in [0.05, 0.1) is 13.7 Å². The van der Waals surface area contributed by atoms with E-state index in [1.807, 2.05) is 45.0 Å². The maximum atomic E-state index is 12.3. The first-order valence-corrected chi connectivity index (χ1v) is 9.05. The third-order valence-corrected chi connectivity index (χ3v) is 4.18. The number of hydrogen-bond acceptors (Lipinski definition) is 3. The molecule has 0 saturated carbocycles. The Morgan fingerprint density at radius 1 is 0.926 bits per heavy atom. The fourth-order valence-electron chi connectivity index (χ4n) is 2.92. The van der Waals surface area contributed by atoms with Gasteiger partial charge in [0.2, 0.25) is 0 Å². The van der Waals surface area contributed by atoms with E-state index in [1.54, 1.807) is 19.2 Å². The summed E-state index contributed by atoms with van der Waals surface area (Å²) in [6.45, 7) is 7.07. The van der Waals surface area contributed by atoms with Gasteiger partial charge in [-0.15, -0.1) is 0 Å². The van der Waals surface area contributed by atoms with Crippen LogP contribution < -0.4 is 20.3 Å². The molecule has 0 aliphatic rings. The van der Waals surface area contributed by atoms with Gasteiger partial charge >= 0.3 is 0 Å². The van der Waals surface area contributed by atoms with Crippen LogP contribution in [0.1, 0.15) is 18.1 Å². The summed E-state index contributed by atoms with van der Waals surface area (Å²) in [7, 11) is 1.58. The van der Waals surface area contributed by atoms with E-state index in [4.69, 9.17) is 4.74 Å². The van der Waals surface area contributed by atoms with Crippen molar-refractivity contribution >= 4 is 23.2 Å². The number of benzene rings is 2. The van der Waals surface area contributed by atoms with E-state index in [-0.39, 0.29) is 24.9 Å². The van der Waals surface area contributed by atoms with Gasteiger partial charge < -0.3 is 20.3 Å². The second-order valence-electron chi connectivity index (χ2n) is 6.66. The minimum Gasteiger partial charge on any atom is -0.497 e. The maximum absolute atomic E-state index is 12.3. The molecule has 0 spiro atoms. The van der Waals surface area contributed by atoms with E-state index in [1.165, 1.54) is 0 Å². The molecule has 6 nitrogen and oxygen atoms in total. The number of ether oxygens (including phenoxy) is 1. The molecule has 1 atom stereocenters. The van der Waals surface area contributed by atoms with Crippen LogP contribution in [-0.4, -0.2) is 38.6 Å². The van der Waals surface area contributed by atoms with Crippen LogP contribution in [0.25, 0.3) is 0 Å².